The van der Waals surface area contributed by atoms with Crippen molar-refractivity contribution in [3.05, 3.63) is 47.2 Å². The number of nitrogens with one attached hydrogen (secondary N) is 1. The van der Waals surface area contributed by atoms with Gasteiger partial charge in [-0.25, -0.2) is 0 Å². The molecule has 0 spiro atoms. The summed E-state index contributed by atoms with van der Waals surface area (Å²) in [6, 6.07) is 8.49. The average molecular weight is 381 g/mol. The monoisotopic (exact) mass is 381 g/mol. The van der Waals surface area contributed by atoms with Gasteiger partial charge in [-0.3, -0.25) is 4.79 Å². The van der Waals surface area contributed by atoms with Crippen LogP contribution in [0.3, 0.4) is 0 Å². The Kier molecular flexibility index (Phi) is 4.34. The van der Waals surface area contributed by atoms with Crippen LogP contribution in [0.2, 0.25) is 0 Å². The molecule has 2 N–H and O–H groups in total. The molecule has 2 aromatic heterocycles. The van der Waals surface area contributed by atoms with Gasteiger partial charge in [0.25, 0.3) is 0 Å². The van der Waals surface area contributed by atoms with Gasteiger partial charge in [0.15, 0.2) is 17.3 Å². The smallest absolute Gasteiger partial charge is 0.233 e. The Bertz CT molecular complexity index is 1050. The fraction of sp³-hybridized carbons (Fsp3) is 0.263. The highest BCUT2D eigenvalue weighted by molar-refractivity contribution is 5.95. The average Bonchev–Trinajstić information content (AvgIpc) is 3.04. The van der Waals surface area contributed by atoms with Gasteiger partial charge in [0.05, 0.1) is 19.9 Å². The molecule has 3 aromatic rings. The van der Waals surface area contributed by atoms with Crippen LogP contribution in [0.15, 0.2) is 30.3 Å². The standard InChI is InChI=1S/C19H19N5O4/c1-10-18-12(11-4-5-13(25)14(8-11)27-2)9-16(26)20-19(18)24(23-10)15-6-7-17(28-3)22-21-15/h4-8,12,25H,9H2,1-3H3,(H,20,26). The molecule has 1 aliphatic heterocycles. The molecule has 144 valence electrons. The van der Waals surface area contributed by atoms with E-state index in [9.17, 15) is 9.90 Å². The summed E-state index contributed by atoms with van der Waals surface area (Å²) in [5, 5.41) is 25.4. The molecule has 1 amide bonds. The third-order valence-electron chi connectivity index (χ3n) is 4.76. The molecule has 0 radical (unpaired) electrons. The number of ether oxygens (including phenoxy) is 2. The third kappa shape index (κ3) is 2.90. The molecule has 1 aliphatic rings. The molecule has 1 unspecified atom stereocenters. The Hall–Kier alpha value is -3.62. The zero-order valence-electron chi connectivity index (χ0n) is 15.6. The molecular weight excluding hydrogens is 362 g/mol. The van der Waals surface area contributed by atoms with Crippen molar-refractivity contribution in [2.45, 2.75) is 19.3 Å². The van der Waals surface area contributed by atoms with Gasteiger partial charge in [0.1, 0.15) is 5.82 Å². The Balaban J connectivity index is 1.83. The number of anilines is 1. The van der Waals surface area contributed by atoms with Crippen LogP contribution in [0.1, 0.15) is 29.2 Å². The summed E-state index contributed by atoms with van der Waals surface area (Å²) in [6.07, 6.45) is 0.266. The topological polar surface area (TPSA) is 111 Å². The fourth-order valence-corrected chi connectivity index (χ4v) is 3.44. The number of rotatable bonds is 4. The molecule has 0 aliphatic carbocycles. The maximum Gasteiger partial charge on any atom is 0.233 e. The van der Waals surface area contributed by atoms with Gasteiger partial charge in [0, 0.05) is 24.0 Å². The first-order chi connectivity index (χ1) is 13.5. The quantitative estimate of drug-likeness (QED) is 0.712. The van der Waals surface area contributed by atoms with E-state index in [2.05, 4.69) is 20.6 Å². The number of aryl methyl sites for hydroxylation is 1. The fourth-order valence-electron chi connectivity index (χ4n) is 3.44. The number of methoxy groups -OCH3 is 2. The lowest BCUT2D eigenvalue weighted by atomic mass is 9.85. The number of hydrogen-bond donors (Lipinski definition) is 2. The maximum atomic E-state index is 12.4. The van der Waals surface area contributed by atoms with Gasteiger partial charge < -0.3 is 19.9 Å². The molecule has 3 heterocycles. The van der Waals surface area contributed by atoms with E-state index in [1.807, 2.05) is 6.92 Å². The van der Waals surface area contributed by atoms with Crippen molar-refractivity contribution < 1.29 is 19.4 Å². The lowest BCUT2D eigenvalue weighted by Crippen LogP contribution is -2.25. The molecule has 0 saturated carbocycles. The number of nitrogens with zero attached hydrogens (tertiary/aromatic N) is 4. The molecular formula is C19H19N5O4. The molecule has 9 heteroatoms. The van der Waals surface area contributed by atoms with Gasteiger partial charge in [-0.2, -0.15) is 9.78 Å². The first-order valence-electron chi connectivity index (χ1n) is 8.66. The lowest BCUT2D eigenvalue weighted by Gasteiger charge is -2.24. The summed E-state index contributed by atoms with van der Waals surface area (Å²) in [4.78, 5) is 12.4. The number of carbonyl (C=O) groups is 1. The van der Waals surface area contributed by atoms with Gasteiger partial charge in [-0.05, 0) is 30.7 Å². The molecule has 1 aromatic carbocycles. The van der Waals surface area contributed by atoms with E-state index < -0.39 is 0 Å². The number of amides is 1. The van der Waals surface area contributed by atoms with E-state index in [-0.39, 0.29) is 24.0 Å². The number of aromatic nitrogens is 4. The number of aromatic hydroxyl groups is 1. The normalized spacial score (nSPS) is 15.7. The SMILES string of the molecule is COc1ccc(-n2nc(C)c3c2NC(=O)CC3c2ccc(O)c(OC)c2)nn1. The van der Waals surface area contributed by atoms with E-state index in [0.717, 1.165) is 16.8 Å². The summed E-state index contributed by atoms with van der Waals surface area (Å²) in [5.74, 6) is 1.47. The second-order valence-electron chi connectivity index (χ2n) is 6.43. The summed E-state index contributed by atoms with van der Waals surface area (Å²) < 4.78 is 11.8. The number of phenolic OH excluding ortho intramolecular Hbond substituents is 1. The molecule has 0 saturated heterocycles. The van der Waals surface area contributed by atoms with Gasteiger partial charge >= 0.3 is 0 Å². The Morgan fingerprint density at radius 1 is 1.18 bits per heavy atom. The molecule has 0 fully saturated rings. The zero-order chi connectivity index (χ0) is 19.8. The highest BCUT2D eigenvalue weighted by Crippen LogP contribution is 2.42. The molecule has 28 heavy (non-hydrogen) atoms. The lowest BCUT2D eigenvalue weighted by molar-refractivity contribution is -0.116. The van der Waals surface area contributed by atoms with Crippen molar-refractivity contribution in [3.8, 4) is 23.2 Å². The van der Waals surface area contributed by atoms with Crippen molar-refractivity contribution in [3.63, 3.8) is 0 Å². The van der Waals surface area contributed by atoms with Gasteiger partial charge in [0.2, 0.25) is 11.8 Å². The van der Waals surface area contributed by atoms with E-state index in [1.54, 1.807) is 35.0 Å². The van der Waals surface area contributed by atoms with Crippen molar-refractivity contribution >= 4 is 11.7 Å². The Labute approximate surface area is 160 Å². The third-order valence-corrected chi connectivity index (χ3v) is 4.76. The molecule has 1 atom stereocenters. The van der Waals surface area contributed by atoms with Crippen molar-refractivity contribution in [2.75, 3.05) is 19.5 Å². The summed E-state index contributed by atoms with van der Waals surface area (Å²) in [6.45, 7) is 1.88. The van der Waals surface area contributed by atoms with Crippen LogP contribution in [-0.4, -0.2) is 45.2 Å². The second-order valence-corrected chi connectivity index (χ2v) is 6.43. The second kappa shape index (κ2) is 6.84. The van der Waals surface area contributed by atoms with Crippen LogP contribution in [0.5, 0.6) is 17.4 Å². The predicted octanol–water partition coefficient (Wildman–Crippen LogP) is 2.17. The van der Waals surface area contributed by atoms with Crippen molar-refractivity contribution in [2.24, 2.45) is 0 Å². The van der Waals surface area contributed by atoms with Crippen molar-refractivity contribution in [1.29, 1.82) is 0 Å². The highest BCUT2D eigenvalue weighted by atomic mass is 16.5. The Morgan fingerprint density at radius 2 is 2.00 bits per heavy atom. The van der Waals surface area contributed by atoms with Crippen LogP contribution >= 0.6 is 0 Å². The van der Waals surface area contributed by atoms with Crippen LogP contribution in [-0.2, 0) is 4.79 Å². The Morgan fingerprint density at radius 3 is 2.68 bits per heavy atom. The van der Waals surface area contributed by atoms with Crippen LogP contribution < -0.4 is 14.8 Å². The van der Waals surface area contributed by atoms with E-state index in [1.165, 1.54) is 14.2 Å². The number of fused-ring (bicyclic) bond motifs is 1. The zero-order valence-corrected chi connectivity index (χ0v) is 15.6. The van der Waals surface area contributed by atoms with E-state index >= 15 is 0 Å². The van der Waals surface area contributed by atoms with E-state index in [0.29, 0.717) is 23.3 Å². The number of benzene rings is 1. The number of phenols is 1. The van der Waals surface area contributed by atoms with Gasteiger partial charge in [-0.15, -0.1) is 10.2 Å². The maximum absolute atomic E-state index is 12.4. The van der Waals surface area contributed by atoms with Crippen LogP contribution in [0.4, 0.5) is 5.82 Å². The van der Waals surface area contributed by atoms with Crippen molar-refractivity contribution in [1.82, 2.24) is 20.0 Å². The summed E-state index contributed by atoms with van der Waals surface area (Å²) in [5.41, 5.74) is 2.52. The van der Waals surface area contributed by atoms with Crippen LogP contribution in [0, 0.1) is 6.92 Å². The minimum Gasteiger partial charge on any atom is -0.504 e. The molecule has 9 nitrogen and oxygen atoms in total. The molecule has 4 rings (SSSR count). The highest BCUT2D eigenvalue weighted by Gasteiger charge is 2.33. The van der Waals surface area contributed by atoms with E-state index in [4.69, 9.17) is 9.47 Å². The number of hydrogen-bond acceptors (Lipinski definition) is 7. The minimum absolute atomic E-state index is 0.0488. The summed E-state index contributed by atoms with van der Waals surface area (Å²) in [7, 11) is 3.00. The largest absolute Gasteiger partial charge is 0.504 e. The first kappa shape index (κ1) is 17.8. The van der Waals surface area contributed by atoms with Gasteiger partial charge in [-0.1, -0.05) is 6.07 Å². The first-order valence-corrected chi connectivity index (χ1v) is 8.66. The molecule has 0 bridgehead atoms. The van der Waals surface area contributed by atoms with Crippen LogP contribution in [0.25, 0.3) is 5.82 Å². The minimum atomic E-state index is -0.224. The summed E-state index contributed by atoms with van der Waals surface area (Å²) >= 11 is 0. The number of carbonyl (C=O) groups excluding carboxylic acids is 1. The predicted molar refractivity (Wildman–Crippen MR) is 100 cm³/mol.